The van der Waals surface area contributed by atoms with Gasteiger partial charge in [0.2, 0.25) is 5.43 Å². The van der Waals surface area contributed by atoms with Gasteiger partial charge in [0.1, 0.15) is 5.75 Å². The van der Waals surface area contributed by atoms with Gasteiger partial charge in [0, 0.05) is 51.4 Å². The van der Waals surface area contributed by atoms with Gasteiger partial charge >= 0.3 is 6.36 Å². The second-order valence-corrected chi connectivity index (χ2v) is 8.51. The number of fused-ring (bicyclic) bond motifs is 2. The number of hydrogen-bond donors (Lipinski definition) is 1. The van der Waals surface area contributed by atoms with Crippen LogP contribution < -0.4 is 10.2 Å². The smallest absolute Gasteiger partial charge is 0.406 e. The first-order valence-electron chi connectivity index (χ1n) is 10.4. The summed E-state index contributed by atoms with van der Waals surface area (Å²) in [4.78, 5) is 33.4. The average Bonchev–Trinajstić information content (AvgIpc) is 2.78. The lowest BCUT2D eigenvalue weighted by Gasteiger charge is -2.23. The topological polar surface area (TPSA) is 72.0 Å². The minimum atomic E-state index is -4.77. The normalized spacial score (nSPS) is 15.9. The molecule has 0 bridgehead atoms. The van der Waals surface area contributed by atoms with E-state index in [1.165, 1.54) is 18.2 Å². The molecular weight excluding hydrogens is 469 g/mol. The molecule has 2 aromatic carbocycles. The molecule has 2 aromatic heterocycles. The van der Waals surface area contributed by atoms with Crippen molar-refractivity contribution < 1.29 is 22.7 Å². The number of rotatable bonds is 3. The van der Waals surface area contributed by atoms with E-state index in [9.17, 15) is 22.8 Å². The van der Waals surface area contributed by atoms with Crippen molar-refractivity contribution in [3.8, 4) is 16.9 Å². The molecule has 0 saturated carbocycles. The number of hydrogen-bond acceptors (Lipinski definition) is 4. The largest absolute Gasteiger partial charge is 0.573 e. The van der Waals surface area contributed by atoms with Crippen molar-refractivity contribution in [1.29, 1.82) is 0 Å². The molecule has 0 radical (unpaired) electrons. The van der Waals surface area contributed by atoms with Crippen LogP contribution in [0.3, 0.4) is 0 Å². The lowest BCUT2D eigenvalue weighted by Crippen LogP contribution is -2.28. The third kappa shape index (κ3) is 4.28. The average molecular weight is 485 g/mol. The minimum absolute atomic E-state index is 0.128. The third-order valence-electron chi connectivity index (χ3n) is 5.81. The van der Waals surface area contributed by atoms with E-state index in [-0.39, 0.29) is 34.9 Å². The standard InChI is InChI=1S/C25H16ClF3N2O3/c26-16-5-7-20-18(11-16)24(33)23-21(31-20)9-15(10-22(23)32)19-6-4-14(12-30-19)13-2-1-3-17(8-13)34-25(27,28)29/h1-8,11-12,15H,9-10H2,(H,31,33). The van der Waals surface area contributed by atoms with Crippen LogP contribution in [0.5, 0.6) is 5.75 Å². The van der Waals surface area contributed by atoms with Crippen LogP contribution in [-0.4, -0.2) is 22.1 Å². The second-order valence-electron chi connectivity index (χ2n) is 8.07. The van der Waals surface area contributed by atoms with Gasteiger partial charge in [-0.2, -0.15) is 0 Å². The molecule has 1 aliphatic carbocycles. The first kappa shape index (κ1) is 22.2. The molecule has 0 amide bonds. The Morgan fingerprint density at radius 2 is 1.82 bits per heavy atom. The molecule has 4 aromatic rings. The molecule has 1 atom stereocenters. The van der Waals surface area contributed by atoms with Crippen LogP contribution in [0, 0.1) is 0 Å². The van der Waals surface area contributed by atoms with Crippen molar-refractivity contribution in [2.24, 2.45) is 0 Å². The van der Waals surface area contributed by atoms with Crippen molar-refractivity contribution in [2.75, 3.05) is 0 Å². The molecule has 172 valence electrons. The van der Waals surface area contributed by atoms with Gasteiger partial charge < -0.3 is 9.72 Å². The quantitative estimate of drug-likeness (QED) is 0.384. The van der Waals surface area contributed by atoms with E-state index in [1.807, 2.05) is 0 Å². The molecule has 2 heterocycles. The number of nitrogens with zero attached hydrogens (tertiary/aromatic N) is 1. The summed E-state index contributed by atoms with van der Waals surface area (Å²) in [6.45, 7) is 0. The van der Waals surface area contributed by atoms with E-state index in [0.717, 1.165) is 0 Å². The molecule has 5 nitrogen and oxygen atoms in total. The fourth-order valence-corrected chi connectivity index (χ4v) is 4.47. The fourth-order valence-electron chi connectivity index (χ4n) is 4.30. The first-order valence-corrected chi connectivity index (χ1v) is 10.8. The summed E-state index contributed by atoms with van der Waals surface area (Å²) in [5.74, 6) is -0.826. The Morgan fingerprint density at radius 1 is 1.00 bits per heavy atom. The lowest BCUT2D eigenvalue weighted by atomic mass is 9.83. The number of benzene rings is 2. The van der Waals surface area contributed by atoms with Crippen molar-refractivity contribution in [1.82, 2.24) is 9.97 Å². The molecule has 0 fully saturated rings. The van der Waals surface area contributed by atoms with Crippen LogP contribution in [0.15, 0.2) is 65.6 Å². The van der Waals surface area contributed by atoms with Crippen LogP contribution in [0.25, 0.3) is 22.0 Å². The molecule has 1 aliphatic rings. The SMILES string of the molecule is O=C1CC(c2ccc(-c3cccc(OC(F)(F)F)c3)cn2)Cc2[nH]c3ccc(Cl)cc3c(=O)c21. The van der Waals surface area contributed by atoms with Crippen LogP contribution in [0.2, 0.25) is 5.02 Å². The third-order valence-corrected chi connectivity index (χ3v) is 6.04. The molecule has 1 N–H and O–H groups in total. The number of ketones is 1. The molecule has 0 spiro atoms. The van der Waals surface area contributed by atoms with Crippen molar-refractivity contribution in [2.45, 2.75) is 25.1 Å². The highest BCUT2D eigenvalue weighted by atomic mass is 35.5. The van der Waals surface area contributed by atoms with Crippen molar-refractivity contribution >= 4 is 28.3 Å². The number of aromatic amines is 1. The Kier molecular flexibility index (Phi) is 5.40. The van der Waals surface area contributed by atoms with Crippen LogP contribution in [-0.2, 0) is 6.42 Å². The summed E-state index contributed by atoms with van der Waals surface area (Å²) in [7, 11) is 0. The van der Waals surface area contributed by atoms with Gasteiger partial charge in [-0.3, -0.25) is 14.6 Å². The highest BCUT2D eigenvalue weighted by Crippen LogP contribution is 2.33. The van der Waals surface area contributed by atoms with E-state index in [4.69, 9.17) is 11.6 Å². The Balaban J connectivity index is 1.43. The number of Topliss-reactive ketones (excluding diaryl/α,β-unsaturated/α-hetero) is 1. The fraction of sp³-hybridized carbons (Fsp3) is 0.160. The van der Waals surface area contributed by atoms with Gasteiger partial charge in [-0.15, -0.1) is 13.2 Å². The zero-order valence-corrected chi connectivity index (χ0v) is 18.2. The summed E-state index contributed by atoms with van der Waals surface area (Å²) in [5, 5.41) is 0.788. The van der Waals surface area contributed by atoms with Gasteiger partial charge in [-0.1, -0.05) is 29.8 Å². The molecule has 5 rings (SSSR count). The van der Waals surface area contributed by atoms with E-state index >= 15 is 0 Å². The number of alkyl halides is 3. The van der Waals surface area contributed by atoms with Crippen LogP contribution >= 0.6 is 11.6 Å². The first-order chi connectivity index (χ1) is 16.2. The number of H-pyrrole nitrogens is 1. The summed E-state index contributed by atoms with van der Waals surface area (Å²) in [5.41, 5.74) is 2.76. The molecule has 34 heavy (non-hydrogen) atoms. The zero-order chi connectivity index (χ0) is 24.0. The van der Waals surface area contributed by atoms with E-state index in [0.29, 0.717) is 44.9 Å². The van der Waals surface area contributed by atoms with Crippen LogP contribution in [0.1, 0.15) is 34.1 Å². The molecule has 0 saturated heterocycles. The number of nitrogens with one attached hydrogen (secondary N) is 1. The zero-order valence-electron chi connectivity index (χ0n) is 17.4. The maximum Gasteiger partial charge on any atom is 0.573 e. The maximum atomic E-state index is 12.9. The van der Waals surface area contributed by atoms with Gasteiger partial charge in [-0.25, -0.2) is 0 Å². The number of carbonyl (C=O) groups is 1. The molecular formula is C25H16ClF3N2O3. The highest BCUT2D eigenvalue weighted by Gasteiger charge is 2.32. The Labute approximate surface area is 196 Å². The number of ether oxygens (including phenoxy) is 1. The number of pyridine rings is 2. The summed E-state index contributed by atoms with van der Waals surface area (Å²) >= 11 is 6.00. The number of halogens is 4. The lowest BCUT2D eigenvalue weighted by molar-refractivity contribution is -0.274. The summed E-state index contributed by atoms with van der Waals surface area (Å²) in [6.07, 6.45) is -2.67. The van der Waals surface area contributed by atoms with E-state index in [1.54, 1.807) is 42.6 Å². The Hall–Kier alpha value is -3.65. The highest BCUT2D eigenvalue weighted by molar-refractivity contribution is 6.31. The summed E-state index contributed by atoms with van der Waals surface area (Å²) < 4.78 is 41.5. The summed E-state index contributed by atoms with van der Waals surface area (Å²) in [6, 6.07) is 14.0. The predicted octanol–water partition coefficient (Wildman–Crippen LogP) is 6.05. The van der Waals surface area contributed by atoms with Crippen molar-refractivity contribution in [3.63, 3.8) is 0 Å². The number of carbonyl (C=O) groups excluding carboxylic acids is 1. The van der Waals surface area contributed by atoms with Gasteiger partial charge in [0.05, 0.1) is 5.56 Å². The molecule has 0 aliphatic heterocycles. The predicted molar refractivity (Wildman–Crippen MR) is 121 cm³/mol. The Bertz CT molecular complexity index is 1480. The van der Waals surface area contributed by atoms with Crippen molar-refractivity contribution in [3.05, 3.63) is 93.0 Å². The second kappa shape index (κ2) is 8.29. The minimum Gasteiger partial charge on any atom is -0.406 e. The molecule has 1 unspecified atom stereocenters. The van der Waals surface area contributed by atoms with Gasteiger partial charge in [0.25, 0.3) is 0 Å². The van der Waals surface area contributed by atoms with E-state index in [2.05, 4.69) is 14.7 Å². The molecule has 9 heteroatoms. The number of aromatic nitrogens is 2. The van der Waals surface area contributed by atoms with Gasteiger partial charge in [0.15, 0.2) is 5.78 Å². The maximum absolute atomic E-state index is 12.9. The van der Waals surface area contributed by atoms with E-state index < -0.39 is 6.36 Å². The van der Waals surface area contributed by atoms with Gasteiger partial charge in [-0.05, 0) is 48.4 Å². The monoisotopic (exact) mass is 484 g/mol. The van der Waals surface area contributed by atoms with Crippen LogP contribution in [0.4, 0.5) is 13.2 Å². The Morgan fingerprint density at radius 3 is 2.56 bits per heavy atom.